The van der Waals surface area contributed by atoms with E-state index in [1.54, 1.807) is 11.8 Å². The zero-order valence-corrected chi connectivity index (χ0v) is 13.5. The number of aryl methyl sites for hydroxylation is 1. The van der Waals surface area contributed by atoms with Crippen LogP contribution < -0.4 is 5.32 Å². The number of nitrogens with zero attached hydrogens (tertiary/aromatic N) is 4. The maximum Gasteiger partial charge on any atom is 0.418 e. The number of rotatable bonds is 4. The van der Waals surface area contributed by atoms with Gasteiger partial charge in [-0.3, -0.25) is 0 Å². The lowest BCUT2D eigenvalue weighted by Gasteiger charge is -2.26. The summed E-state index contributed by atoms with van der Waals surface area (Å²) in [6, 6.07) is 4.96. The van der Waals surface area contributed by atoms with Gasteiger partial charge in [0, 0.05) is 25.3 Å². The average Bonchev–Trinajstić information content (AvgIpc) is 2.95. The van der Waals surface area contributed by atoms with Crippen molar-refractivity contribution in [3.05, 3.63) is 41.0 Å². The first-order chi connectivity index (χ1) is 11.9. The van der Waals surface area contributed by atoms with Crippen molar-refractivity contribution in [1.82, 2.24) is 14.8 Å². The quantitative estimate of drug-likeness (QED) is 0.917. The molecular weight excluding hydrogens is 335 g/mol. The van der Waals surface area contributed by atoms with Crippen LogP contribution in [-0.2, 0) is 30.5 Å². The normalized spacial score (nSPS) is 17.0. The fraction of sp³-hybridized carbons (Fsp3) is 0.438. The van der Waals surface area contributed by atoms with Crippen LogP contribution in [0, 0.1) is 11.3 Å². The molecule has 25 heavy (non-hydrogen) atoms. The molecule has 0 aliphatic carbocycles. The Morgan fingerprint density at radius 3 is 2.92 bits per heavy atom. The molecule has 0 amide bonds. The molecule has 0 saturated heterocycles. The van der Waals surface area contributed by atoms with Crippen LogP contribution in [-0.4, -0.2) is 27.9 Å². The fourth-order valence-corrected chi connectivity index (χ4v) is 2.87. The topological polar surface area (TPSA) is 75.8 Å². The summed E-state index contributed by atoms with van der Waals surface area (Å²) in [6.07, 6.45) is -3.26. The molecule has 3 rings (SSSR count). The van der Waals surface area contributed by atoms with Crippen molar-refractivity contribution in [2.75, 3.05) is 12.4 Å². The molecule has 1 aromatic carbocycles. The number of alkyl halides is 3. The van der Waals surface area contributed by atoms with E-state index in [0.717, 1.165) is 11.9 Å². The highest BCUT2D eigenvalue weighted by atomic mass is 19.4. The summed E-state index contributed by atoms with van der Waals surface area (Å²) >= 11 is 0. The minimum absolute atomic E-state index is 0.0859. The molecule has 0 bridgehead atoms. The minimum atomic E-state index is -4.49. The summed E-state index contributed by atoms with van der Waals surface area (Å²) in [5.41, 5.74) is -0.691. The second kappa shape index (κ2) is 6.72. The van der Waals surface area contributed by atoms with Gasteiger partial charge in [-0.2, -0.15) is 23.5 Å². The van der Waals surface area contributed by atoms with Crippen LogP contribution in [0.2, 0.25) is 0 Å². The van der Waals surface area contributed by atoms with E-state index in [9.17, 15) is 13.2 Å². The van der Waals surface area contributed by atoms with Crippen LogP contribution in [0.4, 0.5) is 18.9 Å². The van der Waals surface area contributed by atoms with Crippen molar-refractivity contribution in [2.45, 2.75) is 38.2 Å². The van der Waals surface area contributed by atoms with Crippen LogP contribution in [0.1, 0.15) is 29.2 Å². The number of methoxy groups -OCH3 is 1. The first-order valence-electron chi connectivity index (χ1n) is 7.70. The van der Waals surface area contributed by atoms with Crippen molar-refractivity contribution < 1.29 is 17.9 Å². The monoisotopic (exact) mass is 351 g/mol. The average molecular weight is 351 g/mol. The number of ether oxygens (including phenoxy) is 1. The second-order valence-corrected chi connectivity index (χ2v) is 5.81. The zero-order valence-electron chi connectivity index (χ0n) is 13.5. The predicted molar refractivity (Wildman–Crippen MR) is 82.6 cm³/mol. The van der Waals surface area contributed by atoms with Crippen LogP contribution in [0.3, 0.4) is 0 Å². The Hall–Kier alpha value is -2.60. The third-order valence-corrected chi connectivity index (χ3v) is 3.99. The number of fused-ring (bicyclic) bond motifs is 1. The third-order valence-electron chi connectivity index (χ3n) is 3.99. The highest BCUT2D eigenvalue weighted by Gasteiger charge is 2.34. The lowest BCUT2D eigenvalue weighted by molar-refractivity contribution is -0.137. The summed E-state index contributed by atoms with van der Waals surface area (Å²) in [7, 11) is 1.55. The number of benzene rings is 1. The number of hydrogen-bond donors (Lipinski definition) is 1. The number of halogens is 3. The lowest BCUT2D eigenvalue weighted by atomic mass is 10.0. The van der Waals surface area contributed by atoms with Crippen molar-refractivity contribution >= 4 is 5.69 Å². The Balaban J connectivity index is 1.82. The van der Waals surface area contributed by atoms with E-state index in [2.05, 4.69) is 15.4 Å². The van der Waals surface area contributed by atoms with Crippen molar-refractivity contribution in [3.8, 4) is 6.07 Å². The van der Waals surface area contributed by atoms with Gasteiger partial charge in [0.05, 0.1) is 23.7 Å². The molecular formula is C16H16F3N5O. The largest absolute Gasteiger partial charge is 0.418 e. The maximum absolute atomic E-state index is 13.2. The first-order valence-corrected chi connectivity index (χ1v) is 7.70. The van der Waals surface area contributed by atoms with E-state index in [-0.39, 0.29) is 17.3 Å². The molecule has 1 aliphatic rings. The number of nitrogens with one attached hydrogen (secondary N) is 1. The molecule has 9 heteroatoms. The van der Waals surface area contributed by atoms with E-state index in [0.29, 0.717) is 31.8 Å². The minimum Gasteiger partial charge on any atom is -0.380 e. The Morgan fingerprint density at radius 1 is 1.44 bits per heavy atom. The molecule has 1 aliphatic heterocycles. The van der Waals surface area contributed by atoms with Gasteiger partial charge >= 0.3 is 6.18 Å². The molecule has 132 valence electrons. The highest BCUT2D eigenvalue weighted by Crippen LogP contribution is 2.36. The fourth-order valence-electron chi connectivity index (χ4n) is 2.87. The molecule has 0 spiro atoms. The SMILES string of the molecule is COCc1nc2n(n1)C[C@H](Nc1cc(C#N)ccc1C(F)(F)F)CC2. The molecule has 0 fully saturated rings. The molecule has 1 aromatic heterocycles. The Morgan fingerprint density at radius 2 is 2.24 bits per heavy atom. The van der Waals surface area contributed by atoms with Crippen LogP contribution >= 0.6 is 0 Å². The lowest BCUT2D eigenvalue weighted by Crippen LogP contribution is -2.32. The smallest absolute Gasteiger partial charge is 0.380 e. The van der Waals surface area contributed by atoms with Crippen molar-refractivity contribution in [1.29, 1.82) is 5.26 Å². The summed E-state index contributed by atoms with van der Waals surface area (Å²) < 4.78 is 46.3. The van der Waals surface area contributed by atoms with E-state index in [1.165, 1.54) is 12.1 Å². The maximum atomic E-state index is 13.2. The van der Waals surface area contributed by atoms with E-state index in [4.69, 9.17) is 10.00 Å². The molecule has 1 N–H and O–H groups in total. The van der Waals surface area contributed by atoms with Gasteiger partial charge in [0.15, 0.2) is 5.82 Å². The predicted octanol–water partition coefficient (Wildman–Crippen LogP) is 2.74. The molecule has 0 unspecified atom stereocenters. The third kappa shape index (κ3) is 3.74. The summed E-state index contributed by atoms with van der Waals surface area (Å²) in [4.78, 5) is 4.34. The Kier molecular flexibility index (Phi) is 4.63. The zero-order chi connectivity index (χ0) is 18.0. The van der Waals surface area contributed by atoms with Gasteiger partial charge in [0.2, 0.25) is 0 Å². The van der Waals surface area contributed by atoms with Gasteiger partial charge in [0.25, 0.3) is 0 Å². The molecule has 6 nitrogen and oxygen atoms in total. The number of aromatic nitrogens is 3. The Bertz CT molecular complexity index is 809. The van der Waals surface area contributed by atoms with E-state index in [1.807, 2.05) is 6.07 Å². The molecule has 2 heterocycles. The summed E-state index contributed by atoms with van der Waals surface area (Å²) in [5.74, 6) is 1.35. The van der Waals surface area contributed by atoms with Crippen molar-refractivity contribution in [3.63, 3.8) is 0 Å². The van der Waals surface area contributed by atoms with Gasteiger partial charge in [-0.1, -0.05) is 0 Å². The van der Waals surface area contributed by atoms with E-state index >= 15 is 0 Å². The molecule has 1 atom stereocenters. The first kappa shape index (κ1) is 17.2. The van der Waals surface area contributed by atoms with Gasteiger partial charge in [-0.15, -0.1) is 0 Å². The second-order valence-electron chi connectivity index (χ2n) is 5.81. The van der Waals surface area contributed by atoms with Gasteiger partial charge < -0.3 is 10.1 Å². The standard InChI is InChI=1S/C16H16F3N5O/c1-25-9-14-22-15-5-3-11(8-24(15)23-14)21-13-6-10(7-20)2-4-12(13)16(17,18)19/h2,4,6,11,21H,3,5,8-9H2,1H3/t11-/m1/s1. The van der Waals surface area contributed by atoms with Crippen molar-refractivity contribution in [2.24, 2.45) is 0 Å². The summed E-state index contributed by atoms with van der Waals surface area (Å²) in [5, 5.41) is 16.2. The Labute approximate surface area is 142 Å². The van der Waals surface area contributed by atoms with E-state index < -0.39 is 11.7 Å². The number of nitriles is 1. The molecule has 0 radical (unpaired) electrons. The number of hydrogen-bond acceptors (Lipinski definition) is 5. The van der Waals surface area contributed by atoms with Crippen LogP contribution in [0.15, 0.2) is 18.2 Å². The molecule has 2 aromatic rings. The van der Waals surface area contributed by atoms with Gasteiger partial charge in [-0.05, 0) is 24.6 Å². The summed E-state index contributed by atoms with van der Waals surface area (Å²) in [6.45, 7) is 0.695. The van der Waals surface area contributed by atoms with Gasteiger partial charge in [0.1, 0.15) is 12.4 Å². The van der Waals surface area contributed by atoms with Crippen LogP contribution in [0.25, 0.3) is 0 Å². The highest BCUT2D eigenvalue weighted by molar-refractivity contribution is 5.57. The number of anilines is 1. The molecule has 0 saturated carbocycles. The van der Waals surface area contributed by atoms with Crippen LogP contribution in [0.5, 0.6) is 0 Å². The van der Waals surface area contributed by atoms with Gasteiger partial charge in [-0.25, -0.2) is 9.67 Å².